The number of hydrogen-bond acceptors (Lipinski definition) is 4. The van der Waals surface area contributed by atoms with Crippen LogP contribution in [-0.4, -0.2) is 25.4 Å². The van der Waals surface area contributed by atoms with E-state index in [2.05, 4.69) is 4.18 Å². The second-order valence-corrected chi connectivity index (χ2v) is 6.45. The summed E-state index contributed by atoms with van der Waals surface area (Å²) >= 11 is 0. The third kappa shape index (κ3) is 1.51. The van der Waals surface area contributed by atoms with Crippen LogP contribution in [0.25, 0.3) is 0 Å². The topological polar surface area (TPSA) is 80.7 Å². The van der Waals surface area contributed by atoms with E-state index in [1.807, 2.05) is 13.8 Å². The van der Waals surface area contributed by atoms with Gasteiger partial charge in [0.1, 0.15) is 5.78 Å². The molecule has 2 rings (SSSR count). The molecule has 0 saturated heterocycles. The Morgan fingerprint density at radius 2 is 2.12 bits per heavy atom. The molecule has 1 N–H and O–H groups in total. The molecule has 0 aliphatic heterocycles. The molecule has 0 aromatic heterocycles. The summed E-state index contributed by atoms with van der Waals surface area (Å²) in [5.74, 6) is 0.377. The minimum atomic E-state index is -4.47. The fourth-order valence-corrected chi connectivity index (χ4v) is 3.63. The van der Waals surface area contributed by atoms with E-state index in [1.54, 1.807) is 0 Å². The second kappa shape index (κ2) is 3.27. The lowest BCUT2D eigenvalue weighted by atomic mass is 9.69. The molecule has 16 heavy (non-hydrogen) atoms. The molecule has 2 saturated carbocycles. The number of carbonyl (C=O) groups is 1. The highest BCUT2D eigenvalue weighted by molar-refractivity contribution is 7.80. The Kier molecular flexibility index (Phi) is 2.46. The third-order valence-corrected chi connectivity index (χ3v) is 5.01. The molecule has 92 valence electrons. The van der Waals surface area contributed by atoms with Gasteiger partial charge in [0.25, 0.3) is 0 Å². The number of carbonyl (C=O) groups excluding carboxylic acids is 1. The lowest BCUT2D eigenvalue weighted by Gasteiger charge is -2.35. The van der Waals surface area contributed by atoms with Gasteiger partial charge in [-0.25, -0.2) is 4.18 Å². The predicted octanol–water partition coefficient (Wildman–Crippen LogP) is 1.20. The lowest BCUT2D eigenvalue weighted by Crippen LogP contribution is -2.40. The third-order valence-electron chi connectivity index (χ3n) is 4.59. The maximum absolute atomic E-state index is 11.9. The highest BCUT2D eigenvalue weighted by Gasteiger charge is 2.64. The predicted molar refractivity (Wildman–Crippen MR) is 56.1 cm³/mol. The molecule has 0 spiro atoms. The van der Waals surface area contributed by atoms with E-state index in [9.17, 15) is 13.2 Å². The van der Waals surface area contributed by atoms with E-state index in [0.29, 0.717) is 18.8 Å². The average Bonchev–Trinajstić information content (AvgIpc) is 2.46. The van der Waals surface area contributed by atoms with Crippen LogP contribution in [0.4, 0.5) is 0 Å². The van der Waals surface area contributed by atoms with Gasteiger partial charge in [-0.3, -0.25) is 9.35 Å². The summed E-state index contributed by atoms with van der Waals surface area (Å²) in [5.41, 5.74) is -0.970. The van der Waals surface area contributed by atoms with Gasteiger partial charge in [-0.15, -0.1) is 0 Å². The van der Waals surface area contributed by atoms with E-state index in [4.69, 9.17) is 4.55 Å². The van der Waals surface area contributed by atoms with Crippen LogP contribution in [0.1, 0.15) is 33.1 Å². The Morgan fingerprint density at radius 1 is 1.50 bits per heavy atom. The number of rotatable bonds is 3. The van der Waals surface area contributed by atoms with Gasteiger partial charge >= 0.3 is 10.4 Å². The first-order chi connectivity index (χ1) is 7.19. The molecule has 6 heteroatoms. The molecule has 2 atom stereocenters. The summed E-state index contributed by atoms with van der Waals surface area (Å²) in [4.78, 5) is 11.9. The molecule has 2 aliphatic carbocycles. The van der Waals surface area contributed by atoms with Crippen molar-refractivity contribution in [3.63, 3.8) is 0 Å². The summed E-state index contributed by atoms with van der Waals surface area (Å²) < 4.78 is 34.2. The van der Waals surface area contributed by atoms with Crippen LogP contribution in [0.5, 0.6) is 0 Å². The van der Waals surface area contributed by atoms with Crippen molar-refractivity contribution >= 4 is 16.2 Å². The normalized spacial score (nSPS) is 36.9. The van der Waals surface area contributed by atoms with Crippen molar-refractivity contribution in [3.05, 3.63) is 0 Å². The summed E-state index contributed by atoms with van der Waals surface area (Å²) in [6.07, 6.45) is 2.08. The van der Waals surface area contributed by atoms with Gasteiger partial charge in [0, 0.05) is 6.42 Å². The molecule has 2 aliphatic rings. The number of fused-ring (bicyclic) bond motifs is 2. The maximum Gasteiger partial charge on any atom is 0.397 e. The molecule has 2 fully saturated rings. The Bertz CT molecular complexity index is 424. The van der Waals surface area contributed by atoms with Crippen molar-refractivity contribution in [1.29, 1.82) is 0 Å². The van der Waals surface area contributed by atoms with Gasteiger partial charge in [-0.2, -0.15) is 8.42 Å². The van der Waals surface area contributed by atoms with Gasteiger partial charge in [-0.05, 0) is 24.2 Å². The monoisotopic (exact) mass is 248 g/mol. The van der Waals surface area contributed by atoms with Gasteiger partial charge in [0.2, 0.25) is 0 Å². The second-order valence-electron chi connectivity index (χ2n) is 5.36. The van der Waals surface area contributed by atoms with Crippen molar-refractivity contribution < 1.29 is 21.9 Å². The smallest absolute Gasteiger partial charge is 0.299 e. The zero-order valence-corrected chi connectivity index (χ0v) is 10.2. The van der Waals surface area contributed by atoms with Crippen LogP contribution in [-0.2, 0) is 19.4 Å². The Hall–Kier alpha value is -0.460. The number of ketones is 1. The maximum atomic E-state index is 11.9. The van der Waals surface area contributed by atoms with Crippen LogP contribution in [0.3, 0.4) is 0 Å². The molecular formula is C10H16O5S. The standard InChI is InChI=1S/C10H16O5S/c1-9(2)7-3-4-10(9,8(11)5-7)6-15-16(12,13)14/h7H,3-6H2,1-2H3,(H,12,13,14)/t7?,10-/m0/s1. The lowest BCUT2D eigenvalue weighted by molar-refractivity contribution is -0.131. The Morgan fingerprint density at radius 3 is 2.50 bits per heavy atom. The Balaban J connectivity index is 2.26. The van der Waals surface area contributed by atoms with Gasteiger partial charge in [0.05, 0.1) is 12.0 Å². The van der Waals surface area contributed by atoms with Crippen LogP contribution < -0.4 is 0 Å². The minimum absolute atomic E-state index is 0.0670. The summed E-state index contributed by atoms with van der Waals surface area (Å²) in [6.45, 7) is 3.72. The zero-order valence-electron chi connectivity index (χ0n) is 9.39. The van der Waals surface area contributed by atoms with Crippen LogP contribution >= 0.6 is 0 Å². The molecule has 0 radical (unpaired) electrons. The van der Waals surface area contributed by atoms with E-state index in [0.717, 1.165) is 6.42 Å². The van der Waals surface area contributed by atoms with E-state index in [1.165, 1.54) is 0 Å². The largest absolute Gasteiger partial charge is 0.397 e. The highest BCUT2D eigenvalue weighted by Crippen LogP contribution is 2.63. The summed E-state index contributed by atoms with van der Waals surface area (Å²) in [5, 5.41) is 0. The molecule has 0 amide bonds. The molecule has 0 aromatic carbocycles. The number of Topliss-reactive ketones (excluding diaryl/α,β-unsaturated/α-hetero) is 1. The SMILES string of the molecule is CC1(C)C2CC[C@]1(COS(=O)(=O)O)C(=O)C2. The first-order valence-electron chi connectivity index (χ1n) is 5.34. The van der Waals surface area contributed by atoms with Gasteiger partial charge in [-0.1, -0.05) is 13.8 Å². The molecule has 1 unspecified atom stereocenters. The van der Waals surface area contributed by atoms with Gasteiger partial charge in [0.15, 0.2) is 0 Å². The highest BCUT2D eigenvalue weighted by atomic mass is 32.3. The molecular weight excluding hydrogens is 232 g/mol. The van der Waals surface area contributed by atoms with Crippen molar-refractivity contribution in [1.82, 2.24) is 0 Å². The Labute approximate surface area is 95.1 Å². The van der Waals surface area contributed by atoms with Crippen molar-refractivity contribution in [2.75, 3.05) is 6.61 Å². The van der Waals surface area contributed by atoms with Crippen molar-refractivity contribution in [2.24, 2.45) is 16.7 Å². The number of hydrogen-bond donors (Lipinski definition) is 1. The first-order valence-corrected chi connectivity index (χ1v) is 6.71. The quantitative estimate of drug-likeness (QED) is 0.759. The minimum Gasteiger partial charge on any atom is -0.299 e. The first kappa shape index (κ1) is 12.0. The van der Waals surface area contributed by atoms with Crippen LogP contribution in [0.2, 0.25) is 0 Å². The molecule has 0 aromatic rings. The van der Waals surface area contributed by atoms with Crippen molar-refractivity contribution in [2.45, 2.75) is 33.1 Å². The molecule has 2 bridgehead atoms. The van der Waals surface area contributed by atoms with E-state index < -0.39 is 15.8 Å². The van der Waals surface area contributed by atoms with E-state index >= 15 is 0 Å². The van der Waals surface area contributed by atoms with Crippen LogP contribution in [0, 0.1) is 16.7 Å². The fraction of sp³-hybridized carbons (Fsp3) is 0.900. The average molecular weight is 248 g/mol. The fourth-order valence-electron chi connectivity index (χ4n) is 3.28. The summed E-state index contributed by atoms with van der Waals surface area (Å²) in [6, 6.07) is 0. The van der Waals surface area contributed by atoms with Crippen molar-refractivity contribution in [3.8, 4) is 0 Å². The molecule has 0 heterocycles. The summed E-state index contributed by atoms with van der Waals surface area (Å²) in [7, 11) is -4.47. The van der Waals surface area contributed by atoms with Gasteiger partial charge < -0.3 is 0 Å². The zero-order chi connectivity index (χ0) is 12.2. The van der Waals surface area contributed by atoms with E-state index in [-0.39, 0.29) is 17.8 Å². The molecule has 5 nitrogen and oxygen atoms in total. The van der Waals surface area contributed by atoms with Crippen LogP contribution in [0.15, 0.2) is 0 Å².